The highest BCUT2D eigenvalue weighted by molar-refractivity contribution is 7.44. The van der Waals surface area contributed by atoms with Gasteiger partial charge in [-0.3, -0.25) is 14.1 Å². The molecular formula is C13H18ClN2O5P. The van der Waals surface area contributed by atoms with Crippen molar-refractivity contribution in [1.82, 2.24) is 0 Å². The van der Waals surface area contributed by atoms with Gasteiger partial charge in [-0.25, -0.2) is 0 Å². The summed E-state index contributed by atoms with van der Waals surface area (Å²) in [5, 5.41) is 0.451. The van der Waals surface area contributed by atoms with Crippen molar-refractivity contribution in [3.63, 3.8) is 0 Å². The minimum atomic E-state index is -5.03. The van der Waals surface area contributed by atoms with Gasteiger partial charge in [-0.2, -0.15) is 0 Å². The van der Waals surface area contributed by atoms with Crippen molar-refractivity contribution in [3.05, 3.63) is 28.8 Å². The minimum Gasteiger partial charge on any atom is -0.756 e. The van der Waals surface area contributed by atoms with Gasteiger partial charge in [0.1, 0.15) is 6.54 Å². The Bertz CT molecular complexity index is 640. The van der Waals surface area contributed by atoms with E-state index in [0.29, 0.717) is 27.3 Å². The summed E-state index contributed by atoms with van der Waals surface area (Å²) in [6.45, 7) is 0.814. The maximum atomic E-state index is 11.2. The molecule has 0 radical (unpaired) electrons. The van der Waals surface area contributed by atoms with Crippen LogP contribution in [0.5, 0.6) is 0 Å². The number of phosphoric acid groups is 1. The Morgan fingerprint density at radius 2 is 2.14 bits per heavy atom. The zero-order valence-corrected chi connectivity index (χ0v) is 14.2. The fourth-order valence-corrected chi connectivity index (χ4v) is 2.69. The van der Waals surface area contributed by atoms with Crippen LogP contribution in [-0.2, 0) is 19.6 Å². The van der Waals surface area contributed by atoms with Crippen LogP contribution in [0.4, 0.5) is 5.69 Å². The first-order valence-corrected chi connectivity index (χ1v) is 8.42. The highest BCUT2D eigenvalue weighted by Crippen LogP contribution is 2.48. The molecule has 0 saturated carbocycles. The van der Waals surface area contributed by atoms with E-state index in [0.717, 1.165) is 0 Å². The van der Waals surface area contributed by atoms with Gasteiger partial charge in [-0.1, -0.05) is 11.6 Å². The Balaban J connectivity index is 2.30. The van der Waals surface area contributed by atoms with E-state index in [1.54, 1.807) is 18.2 Å². The minimum absolute atomic E-state index is 0.206. The monoisotopic (exact) mass is 348 g/mol. The van der Waals surface area contributed by atoms with Crippen LogP contribution in [0.1, 0.15) is 5.56 Å². The lowest BCUT2D eigenvalue weighted by Crippen LogP contribution is -2.41. The molecule has 1 aromatic carbocycles. The Morgan fingerprint density at radius 1 is 1.45 bits per heavy atom. The second kappa shape index (κ2) is 6.02. The number of phosphoric ester groups is 1. The third kappa shape index (κ3) is 4.36. The zero-order valence-electron chi connectivity index (χ0n) is 12.5. The highest BCUT2D eigenvalue weighted by Gasteiger charge is 2.42. The van der Waals surface area contributed by atoms with Crippen LogP contribution in [0.3, 0.4) is 0 Å². The number of quaternary nitrogens is 1. The molecule has 2 rings (SSSR count). The van der Waals surface area contributed by atoms with Gasteiger partial charge in [-0.15, -0.1) is 0 Å². The largest absolute Gasteiger partial charge is 0.756 e. The quantitative estimate of drug-likeness (QED) is 0.477. The normalized spacial score (nSPS) is 23.4. The molecule has 0 fully saturated rings. The van der Waals surface area contributed by atoms with Crippen LogP contribution >= 0.6 is 19.4 Å². The Kier molecular flexibility index (Phi) is 4.80. The van der Waals surface area contributed by atoms with E-state index in [4.69, 9.17) is 25.8 Å². The number of halogens is 1. The van der Waals surface area contributed by atoms with Crippen molar-refractivity contribution < 1.29 is 28.1 Å². The summed E-state index contributed by atoms with van der Waals surface area (Å²) in [6, 6.07) is 4.70. The van der Waals surface area contributed by atoms with Gasteiger partial charge >= 0.3 is 0 Å². The molecule has 2 unspecified atom stereocenters. The van der Waals surface area contributed by atoms with Crippen molar-refractivity contribution in [3.8, 4) is 0 Å². The SMILES string of the molecule is C[N+](C)(C)CCOC1(OP(=O)([O-])O)C=Nc2cc(Cl)ccc21. The fourth-order valence-electron chi connectivity index (χ4n) is 1.99. The van der Waals surface area contributed by atoms with Gasteiger partial charge in [0.05, 0.1) is 39.7 Å². The number of fused-ring (bicyclic) bond motifs is 1. The number of aliphatic imine (C=N–C) groups is 1. The van der Waals surface area contributed by atoms with Crippen LogP contribution < -0.4 is 4.89 Å². The molecule has 9 heteroatoms. The molecule has 1 aliphatic heterocycles. The summed E-state index contributed by atoms with van der Waals surface area (Å²) in [4.78, 5) is 24.4. The van der Waals surface area contributed by atoms with Crippen LogP contribution in [0.2, 0.25) is 5.02 Å². The van der Waals surface area contributed by atoms with Crippen LogP contribution in [0, 0.1) is 0 Å². The standard InChI is InChI=1S/C13H18ClN2O5P/c1-16(2,3)6-7-20-13(21-22(17,18)19)9-15-12-8-10(14)4-5-11(12)13/h4-5,8-9H,6-7H2,1-3H3,(H-,17,18,19). The number of hydrogen-bond donors (Lipinski definition) is 1. The molecule has 0 aliphatic carbocycles. The number of benzene rings is 1. The maximum Gasteiger partial charge on any atom is 0.268 e. The molecule has 1 aliphatic rings. The smallest absolute Gasteiger partial charge is 0.268 e. The predicted molar refractivity (Wildman–Crippen MR) is 81.0 cm³/mol. The van der Waals surface area contributed by atoms with Crippen molar-refractivity contribution in [2.75, 3.05) is 34.3 Å². The summed E-state index contributed by atoms with van der Waals surface area (Å²) in [6.07, 6.45) is 1.21. The summed E-state index contributed by atoms with van der Waals surface area (Å²) in [7, 11) is 0.877. The first kappa shape index (κ1) is 17.6. The molecule has 7 nitrogen and oxygen atoms in total. The van der Waals surface area contributed by atoms with Gasteiger partial charge in [0.15, 0.2) is 0 Å². The van der Waals surface area contributed by atoms with E-state index < -0.39 is 13.6 Å². The van der Waals surface area contributed by atoms with Crippen molar-refractivity contribution in [2.24, 2.45) is 4.99 Å². The molecule has 122 valence electrons. The van der Waals surface area contributed by atoms with E-state index in [9.17, 15) is 9.46 Å². The van der Waals surface area contributed by atoms with Crippen molar-refractivity contribution in [2.45, 2.75) is 5.79 Å². The van der Waals surface area contributed by atoms with Gasteiger partial charge < -0.3 is 19.0 Å². The lowest BCUT2D eigenvalue weighted by molar-refractivity contribution is -0.871. The molecule has 1 N–H and O–H groups in total. The molecule has 22 heavy (non-hydrogen) atoms. The van der Waals surface area contributed by atoms with Gasteiger partial charge in [0.25, 0.3) is 7.82 Å². The van der Waals surface area contributed by atoms with Gasteiger partial charge in [0, 0.05) is 10.6 Å². The molecule has 2 atom stereocenters. The average molecular weight is 349 g/mol. The zero-order chi connectivity index (χ0) is 16.6. The molecule has 0 aromatic heterocycles. The third-order valence-corrected chi connectivity index (χ3v) is 3.78. The third-order valence-electron chi connectivity index (χ3n) is 3.04. The second-order valence-corrected chi connectivity index (χ2v) is 7.57. The lowest BCUT2D eigenvalue weighted by atomic mass is 10.1. The number of likely N-dealkylation sites (N-methyl/N-ethyl adjacent to an activating group) is 1. The van der Waals surface area contributed by atoms with Crippen LogP contribution in [0.15, 0.2) is 23.2 Å². The average Bonchev–Trinajstić information content (AvgIpc) is 2.64. The highest BCUT2D eigenvalue weighted by atomic mass is 35.5. The molecule has 0 bridgehead atoms. The molecule has 1 heterocycles. The van der Waals surface area contributed by atoms with Gasteiger partial charge in [0.2, 0.25) is 5.79 Å². The number of nitrogens with zero attached hydrogens (tertiary/aromatic N) is 2. The van der Waals surface area contributed by atoms with Crippen LogP contribution in [0.25, 0.3) is 0 Å². The topological polar surface area (TPSA) is 91.2 Å². The number of ether oxygens (including phenoxy) is 1. The Morgan fingerprint density at radius 3 is 2.73 bits per heavy atom. The van der Waals surface area contributed by atoms with Gasteiger partial charge in [-0.05, 0) is 18.2 Å². The lowest BCUT2D eigenvalue weighted by Gasteiger charge is -2.33. The van der Waals surface area contributed by atoms with E-state index in [1.807, 2.05) is 21.1 Å². The van der Waals surface area contributed by atoms with Crippen LogP contribution in [-0.4, -0.2) is 49.9 Å². The van der Waals surface area contributed by atoms with E-state index in [2.05, 4.69) is 4.99 Å². The van der Waals surface area contributed by atoms with E-state index in [-0.39, 0.29) is 6.61 Å². The first-order valence-electron chi connectivity index (χ1n) is 6.55. The fraction of sp³-hybridized carbons (Fsp3) is 0.462. The molecular weight excluding hydrogens is 331 g/mol. The molecule has 0 amide bonds. The van der Waals surface area contributed by atoms with Crippen molar-refractivity contribution >= 4 is 31.3 Å². The number of hydrogen-bond acceptors (Lipinski definition) is 5. The van der Waals surface area contributed by atoms with E-state index >= 15 is 0 Å². The Labute approximate surface area is 134 Å². The molecule has 1 aromatic rings. The summed E-state index contributed by atoms with van der Waals surface area (Å²) in [5.74, 6) is -1.76. The summed E-state index contributed by atoms with van der Waals surface area (Å²) >= 11 is 5.89. The van der Waals surface area contributed by atoms with E-state index in [1.165, 1.54) is 6.21 Å². The number of rotatable bonds is 6. The second-order valence-electron chi connectivity index (χ2n) is 6.01. The summed E-state index contributed by atoms with van der Waals surface area (Å²) in [5.41, 5.74) is 0.814. The summed E-state index contributed by atoms with van der Waals surface area (Å²) < 4.78 is 22.3. The predicted octanol–water partition coefficient (Wildman–Crippen LogP) is 1.41. The molecule has 0 saturated heterocycles. The maximum absolute atomic E-state index is 11.2. The first-order chi connectivity index (χ1) is 10.0. The molecule has 0 spiro atoms. The van der Waals surface area contributed by atoms with Crippen molar-refractivity contribution in [1.29, 1.82) is 0 Å². The Hall–Kier alpha value is -0.790.